The van der Waals surface area contributed by atoms with E-state index in [2.05, 4.69) is 31.2 Å². The maximum atomic E-state index is 11.6. The van der Waals surface area contributed by atoms with Crippen molar-refractivity contribution in [3.05, 3.63) is 28.5 Å². The van der Waals surface area contributed by atoms with Crippen LogP contribution >= 0.6 is 15.9 Å². The number of halogens is 1. The molecule has 0 fully saturated rings. The van der Waals surface area contributed by atoms with Crippen LogP contribution in [0.2, 0.25) is 0 Å². The quantitative estimate of drug-likeness (QED) is 0.833. The van der Waals surface area contributed by atoms with Gasteiger partial charge in [-0.05, 0) is 35.1 Å². The molecule has 0 radical (unpaired) electrons. The van der Waals surface area contributed by atoms with Crippen molar-refractivity contribution in [3.63, 3.8) is 0 Å². The third-order valence-electron chi connectivity index (χ3n) is 2.07. The van der Waals surface area contributed by atoms with Gasteiger partial charge in [-0.1, -0.05) is 0 Å². The summed E-state index contributed by atoms with van der Waals surface area (Å²) >= 11 is 3.33. The molecule has 0 bridgehead atoms. The number of H-pyrrole nitrogens is 1. The maximum absolute atomic E-state index is 11.6. The van der Waals surface area contributed by atoms with Crippen molar-refractivity contribution in [2.45, 2.75) is 0 Å². The van der Waals surface area contributed by atoms with Crippen LogP contribution < -0.4 is 5.32 Å². The summed E-state index contributed by atoms with van der Waals surface area (Å²) in [5, 5.41) is 2.82. The predicted octanol–water partition coefficient (Wildman–Crippen LogP) is 1.73. The van der Waals surface area contributed by atoms with Crippen LogP contribution in [-0.2, 0) is 0 Å². The predicted molar refractivity (Wildman–Crippen MR) is 62.1 cm³/mol. The van der Waals surface area contributed by atoms with Crippen LogP contribution in [0.1, 0.15) is 10.5 Å². The third-order valence-corrected chi connectivity index (χ3v) is 2.51. The Hall–Kier alpha value is -1.20. The monoisotopic (exact) mass is 267 g/mol. The Morgan fingerprint density at radius 1 is 1.60 bits per heavy atom. The molecule has 2 rings (SSSR count). The van der Waals surface area contributed by atoms with Crippen LogP contribution in [0.3, 0.4) is 0 Å². The first kappa shape index (κ1) is 10.3. The molecule has 2 N–H and O–H groups in total. The lowest BCUT2D eigenvalue weighted by atomic mass is 10.3. The summed E-state index contributed by atoms with van der Waals surface area (Å²) in [6.45, 7) is 0.327. The second-order valence-corrected chi connectivity index (χ2v) is 4.14. The Labute approximate surface area is 95.2 Å². The summed E-state index contributed by atoms with van der Waals surface area (Å²) in [5.41, 5.74) is 2.26. The number of pyridine rings is 1. The second kappa shape index (κ2) is 4.12. The molecule has 0 saturated carbocycles. The number of rotatable bonds is 3. The molecule has 2 heterocycles. The number of nitrogens with zero attached hydrogens (tertiary/aromatic N) is 1. The molecule has 2 aromatic heterocycles. The lowest BCUT2D eigenvalue weighted by Gasteiger charge is -1.94. The number of likely N-dealkylation sites (N-methyl/N-ethyl adjacent to an activating group) is 1. The lowest BCUT2D eigenvalue weighted by Crippen LogP contribution is -2.18. The minimum absolute atomic E-state index is 0.0339. The molecule has 15 heavy (non-hydrogen) atoms. The number of aromatic nitrogens is 2. The van der Waals surface area contributed by atoms with E-state index in [1.54, 1.807) is 19.3 Å². The number of nitrogens with one attached hydrogen (secondary N) is 2. The van der Waals surface area contributed by atoms with Crippen LogP contribution in [0.5, 0.6) is 0 Å². The summed E-state index contributed by atoms with van der Waals surface area (Å²) in [4.78, 5) is 18.8. The number of fused-ring (bicyclic) bond motifs is 1. The SMILES string of the molecule is CNCC(=O)c1cc2ncc(Br)cc2[nH]1. The Bertz CT molecular complexity index is 506. The topological polar surface area (TPSA) is 57.8 Å². The minimum Gasteiger partial charge on any atom is -0.351 e. The summed E-state index contributed by atoms with van der Waals surface area (Å²) in [6.07, 6.45) is 1.71. The standard InChI is InChI=1S/C10H10BrN3O/c1-12-5-10(15)9-3-7-8(14-9)2-6(11)4-13-7/h2-4,12,14H,5H2,1H3. The van der Waals surface area contributed by atoms with Gasteiger partial charge in [0, 0.05) is 10.7 Å². The van der Waals surface area contributed by atoms with E-state index in [1.165, 1.54) is 0 Å². The molecule has 0 aliphatic carbocycles. The molecule has 0 spiro atoms. The first-order valence-electron chi connectivity index (χ1n) is 4.53. The van der Waals surface area contributed by atoms with E-state index >= 15 is 0 Å². The fourth-order valence-electron chi connectivity index (χ4n) is 1.39. The number of ketones is 1. The van der Waals surface area contributed by atoms with Crippen molar-refractivity contribution >= 4 is 32.7 Å². The number of hydrogen-bond donors (Lipinski definition) is 2. The zero-order valence-corrected chi connectivity index (χ0v) is 9.76. The van der Waals surface area contributed by atoms with Crippen LogP contribution in [0.15, 0.2) is 22.8 Å². The Balaban J connectivity index is 2.42. The fourth-order valence-corrected chi connectivity index (χ4v) is 1.72. The van der Waals surface area contributed by atoms with Gasteiger partial charge in [0.15, 0.2) is 5.78 Å². The molecule has 78 valence electrons. The van der Waals surface area contributed by atoms with Gasteiger partial charge < -0.3 is 10.3 Å². The van der Waals surface area contributed by atoms with Gasteiger partial charge in [0.25, 0.3) is 0 Å². The van der Waals surface area contributed by atoms with Crippen LogP contribution in [0.4, 0.5) is 0 Å². The number of carbonyl (C=O) groups excluding carboxylic acids is 1. The highest BCUT2D eigenvalue weighted by Crippen LogP contribution is 2.17. The van der Waals surface area contributed by atoms with Crippen LogP contribution in [0.25, 0.3) is 11.0 Å². The average molecular weight is 268 g/mol. The van der Waals surface area contributed by atoms with Crippen molar-refractivity contribution in [2.75, 3.05) is 13.6 Å². The van der Waals surface area contributed by atoms with Crippen LogP contribution in [0, 0.1) is 0 Å². The number of aromatic amines is 1. The molecule has 0 aromatic carbocycles. The highest BCUT2D eigenvalue weighted by Gasteiger charge is 2.09. The highest BCUT2D eigenvalue weighted by molar-refractivity contribution is 9.10. The van der Waals surface area contributed by atoms with Crippen molar-refractivity contribution in [1.29, 1.82) is 0 Å². The number of Topliss-reactive ketones (excluding diaryl/α,β-unsaturated/α-hetero) is 1. The molecule has 0 unspecified atom stereocenters. The maximum Gasteiger partial charge on any atom is 0.192 e. The molecule has 0 aliphatic rings. The minimum atomic E-state index is 0.0339. The zero-order valence-electron chi connectivity index (χ0n) is 8.17. The summed E-state index contributed by atoms with van der Waals surface area (Å²) in [6, 6.07) is 3.67. The van der Waals surface area contributed by atoms with Crippen molar-refractivity contribution in [1.82, 2.24) is 15.3 Å². The molecule has 0 atom stereocenters. The van der Waals surface area contributed by atoms with Gasteiger partial charge in [-0.15, -0.1) is 0 Å². The van der Waals surface area contributed by atoms with Gasteiger partial charge in [0.05, 0.1) is 23.3 Å². The molecule has 0 saturated heterocycles. The average Bonchev–Trinajstić information content (AvgIpc) is 2.60. The van der Waals surface area contributed by atoms with Crippen molar-refractivity contribution in [3.8, 4) is 0 Å². The van der Waals surface area contributed by atoms with Gasteiger partial charge in [-0.2, -0.15) is 0 Å². The lowest BCUT2D eigenvalue weighted by molar-refractivity contribution is 0.0989. The normalized spacial score (nSPS) is 10.8. The summed E-state index contributed by atoms with van der Waals surface area (Å²) in [5.74, 6) is 0.0339. The van der Waals surface area contributed by atoms with Gasteiger partial charge in [0.2, 0.25) is 0 Å². The first-order valence-corrected chi connectivity index (χ1v) is 5.32. The smallest absolute Gasteiger partial charge is 0.192 e. The van der Waals surface area contributed by atoms with Gasteiger partial charge in [0.1, 0.15) is 0 Å². The highest BCUT2D eigenvalue weighted by atomic mass is 79.9. The Morgan fingerprint density at radius 3 is 3.13 bits per heavy atom. The van der Waals surface area contributed by atoms with E-state index in [0.29, 0.717) is 12.2 Å². The van der Waals surface area contributed by atoms with Crippen LogP contribution in [-0.4, -0.2) is 29.3 Å². The number of hydrogen-bond acceptors (Lipinski definition) is 3. The molecule has 0 aliphatic heterocycles. The zero-order chi connectivity index (χ0) is 10.8. The Morgan fingerprint density at radius 2 is 2.40 bits per heavy atom. The molecular weight excluding hydrogens is 258 g/mol. The first-order chi connectivity index (χ1) is 7.20. The molecule has 2 aromatic rings. The largest absolute Gasteiger partial charge is 0.351 e. The Kier molecular flexibility index (Phi) is 2.83. The van der Waals surface area contributed by atoms with E-state index in [4.69, 9.17) is 0 Å². The van der Waals surface area contributed by atoms with Gasteiger partial charge in [-0.25, -0.2) is 0 Å². The van der Waals surface area contributed by atoms with E-state index in [-0.39, 0.29) is 5.78 Å². The van der Waals surface area contributed by atoms with Crippen molar-refractivity contribution in [2.24, 2.45) is 0 Å². The van der Waals surface area contributed by atoms with E-state index in [9.17, 15) is 4.79 Å². The molecule has 0 amide bonds. The fraction of sp³-hybridized carbons (Fsp3) is 0.200. The van der Waals surface area contributed by atoms with E-state index < -0.39 is 0 Å². The second-order valence-electron chi connectivity index (χ2n) is 3.22. The van der Waals surface area contributed by atoms with E-state index in [1.807, 2.05) is 6.07 Å². The molecular formula is C10H10BrN3O. The summed E-state index contributed by atoms with van der Waals surface area (Å²) in [7, 11) is 1.75. The number of carbonyl (C=O) groups is 1. The molecule has 4 nitrogen and oxygen atoms in total. The molecule has 5 heteroatoms. The third kappa shape index (κ3) is 2.08. The van der Waals surface area contributed by atoms with Crippen molar-refractivity contribution < 1.29 is 4.79 Å². The van der Waals surface area contributed by atoms with E-state index in [0.717, 1.165) is 15.5 Å². The summed E-state index contributed by atoms with van der Waals surface area (Å²) < 4.78 is 0.893. The van der Waals surface area contributed by atoms with Gasteiger partial charge in [-0.3, -0.25) is 9.78 Å². The van der Waals surface area contributed by atoms with Gasteiger partial charge >= 0.3 is 0 Å².